The van der Waals surface area contributed by atoms with Crippen molar-refractivity contribution in [2.24, 2.45) is 0 Å². The van der Waals surface area contributed by atoms with Gasteiger partial charge in [-0.25, -0.2) is 0 Å². The molecule has 0 fully saturated rings. The third-order valence-electron chi connectivity index (χ3n) is 6.52. The molecule has 0 bridgehead atoms. The number of nitrogens with zero attached hydrogens (tertiary/aromatic N) is 1. The van der Waals surface area contributed by atoms with Gasteiger partial charge in [0.25, 0.3) is 17.5 Å². The molecule has 0 aliphatic carbocycles. The van der Waals surface area contributed by atoms with Crippen molar-refractivity contribution in [3.05, 3.63) is 135 Å². The van der Waals surface area contributed by atoms with Crippen LogP contribution in [0.3, 0.4) is 0 Å². The van der Waals surface area contributed by atoms with Gasteiger partial charge >= 0.3 is 6.18 Å². The minimum atomic E-state index is -4.73. The van der Waals surface area contributed by atoms with Crippen LogP contribution in [0.1, 0.15) is 34.8 Å². The fourth-order valence-corrected chi connectivity index (χ4v) is 5.39. The number of hydrogen-bond donors (Lipinski definition) is 3. The Morgan fingerprint density at radius 3 is 2.28 bits per heavy atom. The van der Waals surface area contributed by atoms with E-state index in [-0.39, 0.29) is 28.4 Å². The minimum absolute atomic E-state index is 0.124. The molecular weight excluding hydrogens is 657 g/mol. The van der Waals surface area contributed by atoms with E-state index in [1.807, 2.05) is 0 Å². The highest BCUT2D eigenvalue weighted by atomic mass is 35.5. The minimum Gasteiger partial charge on any atom is -0.325 e. The monoisotopic (exact) mass is 682 g/mol. The van der Waals surface area contributed by atoms with Crippen molar-refractivity contribution in [2.45, 2.75) is 29.7 Å². The quantitative estimate of drug-likeness (QED) is 0.0633. The van der Waals surface area contributed by atoms with Crippen molar-refractivity contribution >= 4 is 64.2 Å². The third-order valence-corrected chi connectivity index (χ3v) is 8.12. The molecule has 3 N–H and O–H groups in total. The van der Waals surface area contributed by atoms with Crippen molar-refractivity contribution in [3.63, 3.8) is 0 Å². The van der Waals surface area contributed by atoms with Gasteiger partial charge in [-0.3, -0.25) is 24.5 Å². The lowest BCUT2D eigenvalue weighted by Crippen LogP contribution is -2.30. The summed E-state index contributed by atoms with van der Waals surface area (Å²) >= 11 is 6.83. The van der Waals surface area contributed by atoms with Crippen LogP contribution >= 0.6 is 23.4 Å². The van der Waals surface area contributed by atoms with Gasteiger partial charge in [-0.1, -0.05) is 42.8 Å². The lowest BCUT2D eigenvalue weighted by atomic mass is 10.1. The first kappa shape index (κ1) is 34.7. The number of hydrogen-bond acceptors (Lipinski definition) is 6. The Kier molecular flexibility index (Phi) is 11.4. The zero-order valence-electron chi connectivity index (χ0n) is 24.5. The van der Waals surface area contributed by atoms with Crippen molar-refractivity contribution < 1.29 is 32.5 Å². The topological polar surface area (TPSA) is 130 Å². The van der Waals surface area contributed by atoms with E-state index in [0.717, 1.165) is 23.9 Å². The summed E-state index contributed by atoms with van der Waals surface area (Å²) in [5, 5.41) is 17.8. The average Bonchev–Trinajstić information content (AvgIpc) is 3.04. The molecule has 0 aliphatic rings. The Bertz CT molecular complexity index is 1820. The molecule has 0 saturated heterocycles. The summed E-state index contributed by atoms with van der Waals surface area (Å²) in [6, 6.07) is 23.1. The maximum absolute atomic E-state index is 13.5. The Labute approximate surface area is 276 Å². The van der Waals surface area contributed by atoms with Gasteiger partial charge in [-0.05, 0) is 78.7 Å². The third kappa shape index (κ3) is 9.67. The summed E-state index contributed by atoms with van der Waals surface area (Å²) in [6.45, 7) is 1.71. The number of amides is 3. The number of nitrogens with one attached hydrogen (secondary N) is 3. The van der Waals surface area contributed by atoms with Gasteiger partial charge in [0.1, 0.15) is 5.70 Å². The number of nitro groups is 1. The molecule has 9 nitrogen and oxygen atoms in total. The van der Waals surface area contributed by atoms with Crippen LogP contribution in [0.4, 0.5) is 30.2 Å². The molecule has 0 radical (unpaired) electrons. The SMILES string of the molecule is CCC(Sc1cccc(NC(=O)/C(=C\c2ccc([N+](=O)[O-])cc2)NC(=O)c2ccccc2)c1)C(=O)Nc1ccc(Cl)cc1C(F)(F)F. The summed E-state index contributed by atoms with van der Waals surface area (Å²) in [7, 11) is 0. The average molecular weight is 683 g/mol. The molecule has 1 unspecified atom stereocenters. The molecule has 0 aliphatic heterocycles. The predicted octanol–water partition coefficient (Wildman–Crippen LogP) is 8.19. The van der Waals surface area contributed by atoms with Crippen LogP contribution < -0.4 is 16.0 Å². The molecule has 4 rings (SSSR count). The Morgan fingerprint density at radius 1 is 0.936 bits per heavy atom. The van der Waals surface area contributed by atoms with Gasteiger partial charge in [-0.15, -0.1) is 11.8 Å². The summed E-state index contributed by atoms with van der Waals surface area (Å²) in [4.78, 5) is 50.4. The fraction of sp³-hybridized carbons (Fsp3) is 0.121. The van der Waals surface area contributed by atoms with Gasteiger partial charge < -0.3 is 16.0 Å². The first-order valence-electron chi connectivity index (χ1n) is 13.9. The van der Waals surface area contributed by atoms with E-state index in [0.29, 0.717) is 16.1 Å². The Hall–Kier alpha value is -5.14. The zero-order chi connectivity index (χ0) is 34.1. The zero-order valence-corrected chi connectivity index (χ0v) is 26.1. The molecule has 0 aromatic heterocycles. The molecule has 14 heteroatoms. The molecule has 3 amide bonds. The van der Waals surface area contributed by atoms with E-state index in [4.69, 9.17) is 11.6 Å². The van der Waals surface area contributed by atoms with E-state index in [1.54, 1.807) is 61.5 Å². The van der Waals surface area contributed by atoms with Crippen molar-refractivity contribution in [1.29, 1.82) is 0 Å². The Morgan fingerprint density at radius 2 is 1.64 bits per heavy atom. The number of nitro benzene ring substituents is 1. The van der Waals surface area contributed by atoms with E-state index >= 15 is 0 Å². The Balaban J connectivity index is 1.53. The maximum atomic E-state index is 13.5. The van der Waals surface area contributed by atoms with E-state index in [1.165, 1.54) is 36.4 Å². The first-order valence-corrected chi connectivity index (χ1v) is 15.2. The van der Waals surface area contributed by atoms with Crippen molar-refractivity contribution in [2.75, 3.05) is 10.6 Å². The second-order valence-electron chi connectivity index (χ2n) is 9.90. The van der Waals surface area contributed by atoms with Crippen LogP contribution in [0, 0.1) is 10.1 Å². The number of carbonyl (C=O) groups is 3. The number of halogens is 4. The molecule has 1 atom stereocenters. The molecular formula is C33H26ClF3N4O5S. The number of carbonyl (C=O) groups excluding carboxylic acids is 3. The van der Waals surface area contributed by atoms with Crippen molar-refractivity contribution in [1.82, 2.24) is 5.32 Å². The highest BCUT2D eigenvalue weighted by Gasteiger charge is 2.34. The first-order chi connectivity index (χ1) is 22.3. The van der Waals surface area contributed by atoms with Crippen LogP contribution in [0.5, 0.6) is 0 Å². The van der Waals surface area contributed by atoms with E-state index in [9.17, 15) is 37.7 Å². The highest BCUT2D eigenvalue weighted by molar-refractivity contribution is 8.00. The number of anilines is 2. The van der Waals surface area contributed by atoms with Crippen molar-refractivity contribution in [3.8, 4) is 0 Å². The number of non-ortho nitro benzene ring substituents is 1. The smallest absolute Gasteiger partial charge is 0.325 e. The molecule has 0 heterocycles. The van der Waals surface area contributed by atoms with Gasteiger partial charge in [0.05, 0.1) is 21.4 Å². The van der Waals surface area contributed by atoms with Crippen LogP contribution in [-0.2, 0) is 15.8 Å². The van der Waals surface area contributed by atoms with Gasteiger partial charge in [0, 0.05) is 33.3 Å². The second-order valence-corrected chi connectivity index (χ2v) is 11.6. The fourth-order valence-electron chi connectivity index (χ4n) is 4.21. The predicted molar refractivity (Wildman–Crippen MR) is 175 cm³/mol. The second kappa shape index (κ2) is 15.4. The molecule has 0 saturated carbocycles. The summed E-state index contributed by atoms with van der Waals surface area (Å²) in [5.74, 6) is -1.93. The molecule has 4 aromatic rings. The van der Waals surface area contributed by atoms with Crippen LogP contribution in [-0.4, -0.2) is 27.9 Å². The number of rotatable bonds is 11. The maximum Gasteiger partial charge on any atom is 0.418 e. The lowest BCUT2D eigenvalue weighted by molar-refractivity contribution is -0.384. The molecule has 242 valence electrons. The molecule has 47 heavy (non-hydrogen) atoms. The van der Waals surface area contributed by atoms with Gasteiger partial charge in [-0.2, -0.15) is 13.2 Å². The summed E-state index contributed by atoms with van der Waals surface area (Å²) in [6.07, 6.45) is -3.10. The summed E-state index contributed by atoms with van der Waals surface area (Å²) < 4.78 is 40.6. The van der Waals surface area contributed by atoms with Gasteiger partial charge in [0.2, 0.25) is 5.91 Å². The van der Waals surface area contributed by atoms with Crippen LogP contribution in [0.25, 0.3) is 6.08 Å². The normalized spacial score (nSPS) is 12.1. The number of thioether (sulfide) groups is 1. The van der Waals surface area contributed by atoms with E-state index < -0.39 is 45.3 Å². The van der Waals surface area contributed by atoms with E-state index in [2.05, 4.69) is 16.0 Å². The highest BCUT2D eigenvalue weighted by Crippen LogP contribution is 2.37. The van der Waals surface area contributed by atoms with Gasteiger partial charge in [0.15, 0.2) is 0 Å². The van der Waals surface area contributed by atoms with Crippen LogP contribution in [0.2, 0.25) is 5.02 Å². The summed E-state index contributed by atoms with van der Waals surface area (Å²) in [5.41, 5.74) is -0.792. The number of alkyl halides is 3. The lowest BCUT2D eigenvalue weighted by Gasteiger charge is -2.18. The molecule has 0 spiro atoms. The largest absolute Gasteiger partial charge is 0.418 e. The number of benzene rings is 4. The standard InChI is InChI=1S/C33H26ClF3N4O5S/c1-2-29(32(44)39-27-16-13-22(34)18-26(27)33(35,36)37)47-25-10-6-9-23(19-25)38-31(43)28(40-30(42)21-7-4-3-5-8-21)17-20-11-14-24(15-12-20)41(45)46/h3-19,29H,2H2,1H3,(H,38,43)(H,39,44)(H,40,42)/b28-17+. The van der Waals surface area contributed by atoms with Crippen LogP contribution in [0.15, 0.2) is 108 Å². The molecule has 4 aromatic carbocycles.